The second-order valence-electron chi connectivity index (χ2n) is 4.35. The van der Waals surface area contributed by atoms with E-state index in [1.807, 2.05) is 11.4 Å². The summed E-state index contributed by atoms with van der Waals surface area (Å²) in [5.41, 5.74) is 0.641. The Labute approximate surface area is 117 Å². The van der Waals surface area contributed by atoms with E-state index in [4.69, 9.17) is 0 Å². The van der Waals surface area contributed by atoms with Crippen LogP contribution >= 0.6 is 11.3 Å². The molecule has 0 amide bonds. The van der Waals surface area contributed by atoms with Gasteiger partial charge in [-0.1, -0.05) is 13.0 Å². The Kier molecular flexibility index (Phi) is 4.71. The Morgan fingerprint density at radius 1 is 1.26 bits per heavy atom. The fraction of sp³-hybridized carbons (Fsp3) is 0.267. The Bertz CT molecular complexity index is 520. The van der Waals surface area contributed by atoms with E-state index in [2.05, 4.69) is 17.9 Å². The number of ketones is 1. The highest BCUT2D eigenvalue weighted by atomic mass is 32.1. The van der Waals surface area contributed by atoms with E-state index in [1.165, 1.54) is 4.88 Å². The van der Waals surface area contributed by atoms with Gasteiger partial charge >= 0.3 is 0 Å². The topological polar surface area (TPSA) is 40.5 Å². The average Bonchev–Trinajstić information content (AvgIpc) is 2.91. The number of phenols is 1. The lowest BCUT2D eigenvalue weighted by Crippen LogP contribution is -2.29. The number of benzene rings is 1. The van der Waals surface area contributed by atoms with E-state index in [-0.39, 0.29) is 11.5 Å². The van der Waals surface area contributed by atoms with Crippen molar-refractivity contribution >= 4 is 17.1 Å². The van der Waals surface area contributed by atoms with Crippen molar-refractivity contribution in [1.82, 2.24) is 4.90 Å². The van der Waals surface area contributed by atoms with Crippen molar-refractivity contribution in [3.8, 4) is 5.75 Å². The Balaban J connectivity index is 1.98. The van der Waals surface area contributed by atoms with Crippen molar-refractivity contribution in [2.75, 3.05) is 13.1 Å². The first-order chi connectivity index (χ1) is 9.19. The number of phenolic OH excluding ortho intramolecular Hbond substituents is 1. The lowest BCUT2D eigenvalue weighted by Gasteiger charge is -2.18. The molecular weight excluding hydrogens is 258 g/mol. The molecule has 0 saturated heterocycles. The van der Waals surface area contributed by atoms with Crippen molar-refractivity contribution in [2.24, 2.45) is 0 Å². The molecule has 0 atom stereocenters. The predicted molar refractivity (Wildman–Crippen MR) is 77.7 cm³/mol. The third-order valence-corrected chi connectivity index (χ3v) is 3.82. The normalized spacial score (nSPS) is 10.8. The number of thiophene rings is 1. The molecule has 100 valence electrons. The lowest BCUT2D eigenvalue weighted by atomic mass is 10.1. The van der Waals surface area contributed by atoms with Gasteiger partial charge in [-0.05, 0) is 42.3 Å². The molecule has 0 aliphatic rings. The first-order valence-corrected chi connectivity index (χ1v) is 7.14. The molecule has 2 rings (SSSR count). The van der Waals surface area contributed by atoms with E-state index < -0.39 is 0 Å². The minimum atomic E-state index is 0.0819. The van der Waals surface area contributed by atoms with E-state index in [0.29, 0.717) is 12.1 Å². The van der Waals surface area contributed by atoms with Crippen LogP contribution in [0.1, 0.15) is 22.2 Å². The van der Waals surface area contributed by atoms with Crippen LogP contribution in [-0.2, 0) is 6.54 Å². The highest BCUT2D eigenvalue weighted by molar-refractivity contribution is 7.09. The molecule has 0 spiro atoms. The van der Waals surface area contributed by atoms with E-state index in [9.17, 15) is 9.90 Å². The molecule has 0 radical (unpaired) electrons. The van der Waals surface area contributed by atoms with Gasteiger partial charge in [-0.3, -0.25) is 9.69 Å². The summed E-state index contributed by atoms with van der Waals surface area (Å²) in [5, 5.41) is 11.3. The fourth-order valence-corrected chi connectivity index (χ4v) is 2.59. The molecule has 1 aromatic carbocycles. The van der Waals surface area contributed by atoms with Crippen LogP contribution in [0.15, 0.2) is 41.8 Å². The molecular formula is C15H17NO2S. The van der Waals surface area contributed by atoms with Crippen LogP contribution in [0.3, 0.4) is 0 Å². The maximum Gasteiger partial charge on any atom is 0.176 e. The number of aromatic hydroxyl groups is 1. The predicted octanol–water partition coefficient (Wildman–Crippen LogP) is 3.16. The van der Waals surface area contributed by atoms with Gasteiger partial charge in [-0.15, -0.1) is 11.3 Å². The number of hydrogen-bond acceptors (Lipinski definition) is 4. The highest BCUT2D eigenvalue weighted by Gasteiger charge is 2.12. The number of rotatable bonds is 6. The van der Waals surface area contributed by atoms with Gasteiger partial charge in [0.2, 0.25) is 0 Å². The second-order valence-corrected chi connectivity index (χ2v) is 5.38. The van der Waals surface area contributed by atoms with Crippen molar-refractivity contribution in [1.29, 1.82) is 0 Å². The molecule has 19 heavy (non-hydrogen) atoms. The first-order valence-electron chi connectivity index (χ1n) is 6.26. The quantitative estimate of drug-likeness (QED) is 0.823. The van der Waals surface area contributed by atoms with Crippen LogP contribution in [-0.4, -0.2) is 28.9 Å². The molecule has 0 fully saturated rings. The number of nitrogens with zero attached hydrogens (tertiary/aromatic N) is 1. The number of carbonyl (C=O) groups is 1. The van der Waals surface area contributed by atoms with Gasteiger partial charge in [-0.2, -0.15) is 0 Å². The molecule has 2 aromatic rings. The van der Waals surface area contributed by atoms with E-state index >= 15 is 0 Å². The Morgan fingerprint density at radius 2 is 2.00 bits per heavy atom. The summed E-state index contributed by atoms with van der Waals surface area (Å²) in [6.45, 7) is 4.09. The zero-order valence-electron chi connectivity index (χ0n) is 10.9. The van der Waals surface area contributed by atoms with Crippen LogP contribution in [0.25, 0.3) is 0 Å². The van der Waals surface area contributed by atoms with Gasteiger partial charge in [-0.25, -0.2) is 0 Å². The van der Waals surface area contributed by atoms with Gasteiger partial charge < -0.3 is 5.11 Å². The molecule has 0 saturated carbocycles. The lowest BCUT2D eigenvalue weighted by molar-refractivity contribution is 0.0930. The van der Waals surface area contributed by atoms with Gasteiger partial charge in [0.15, 0.2) is 5.78 Å². The Hall–Kier alpha value is -1.65. The summed E-state index contributed by atoms with van der Waals surface area (Å²) in [6, 6.07) is 10.5. The second kappa shape index (κ2) is 6.50. The van der Waals surface area contributed by atoms with Crippen molar-refractivity contribution in [3.63, 3.8) is 0 Å². The Morgan fingerprint density at radius 3 is 2.58 bits per heavy atom. The summed E-state index contributed by atoms with van der Waals surface area (Å²) in [6.07, 6.45) is 0. The third kappa shape index (κ3) is 3.91. The minimum absolute atomic E-state index is 0.0819. The maximum absolute atomic E-state index is 12.1. The summed E-state index contributed by atoms with van der Waals surface area (Å²) in [5.74, 6) is 0.265. The summed E-state index contributed by atoms with van der Waals surface area (Å²) in [4.78, 5) is 15.5. The van der Waals surface area contributed by atoms with E-state index in [1.54, 1.807) is 35.6 Å². The van der Waals surface area contributed by atoms with Gasteiger partial charge in [0.05, 0.1) is 6.54 Å². The number of hydrogen-bond donors (Lipinski definition) is 1. The molecule has 1 N–H and O–H groups in total. The van der Waals surface area contributed by atoms with Crippen LogP contribution in [0.2, 0.25) is 0 Å². The molecule has 0 bridgehead atoms. The molecule has 0 aliphatic heterocycles. The molecule has 0 unspecified atom stereocenters. The molecule has 4 heteroatoms. The number of carbonyl (C=O) groups excluding carboxylic acids is 1. The van der Waals surface area contributed by atoms with E-state index in [0.717, 1.165) is 13.1 Å². The SMILES string of the molecule is CCN(CC(=O)c1ccc(O)cc1)Cc1cccs1. The number of Topliss-reactive ketones (excluding diaryl/α,β-unsaturated/α-hetero) is 1. The van der Waals surface area contributed by atoms with Crippen molar-refractivity contribution in [2.45, 2.75) is 13.5 Å². The minimum Gasteiger partial charge on any atom is -0.508 e. The molecule has 3 nitrogen and oxygen atoms in total. The third-order valence-electron chi connectivity index (χ3n) is 2.96. The van der Waals surface area contributed by atoms with Crippen LogP contribution in [0.4, 0.5) is 0 Å². The molecule has 1 aromatic heterocycles. The highest BCUT2D eigenvalue weighted by Crippen LogP contribution is 2.14. The van der Waals surface area contributed by atoms with Gasteiger partial charge in [0.25, 0.3) is 0 Å². The smallest absolute Gasteiger partial charge is 0.176 e. The standard InChI is InChI=1S/C15H17NO2S/c1-2-16(10-14-4-3-9-19-14)11-15(18)12-5-7-13(17)8-6-12/h3-9,17H,2,10-11H2,1H3. The van der Waals surface area contributed by atoms with Crippen LogP contribution in [0.5, 0.6) is 5.75 Å². The molecule has 1 heterocycles. The van der Waals surface area contributed by atoms with Crippen molar-refractivity contribution < 1.29 is 9.90 Å². The largest absolute Gasteiger partial charge is 0.508 e. The van der Waals surface area contributed by atoms with Crippen LogP contribution in [0, 0.1) is 0 Å². The van der Waals surface area contributed by atoms with Gasteiger partial charge in [0.1, 0.15) is 5.75 Å². The van der Waals surface area contributed by atoms with Crippen molar-refractivity contribution in [3.05, 3.63) is 52.2 Å². The zero-order valence-corrected chi connectivity index (χ0v) is 11.7. The van der Waals surface area contributed by atoms with Gasteiger partial charge in [0, 0.05) is 17.0 Å². The van der Waals surface area contributed by atoms with Crippen LogP contribution < -0.4 is 0 Å². The average molecular weight is 275 g/mol. The maximum atomic E-state index is 12.1. The molecule has 0 aliphatic carbocycles. The monoisotopic (exact) mass is 275 g/mol. The summed E-state index contributed by atoms with van der Waals surface area (Å²) in [7, 11) is 0. The number of likely N-dealkylation sites (N-methyl/N-ethyl adjacent to an activating group) is 1. The first kappa shape index (κ1) is 13.8. The summed E-state index contributed by atoms with van der Waals surface area (Å²) >= 11 is 1.71. The fourth-order valence-electron chi connectivity index (χ4n) is 1.84. The zero-order chi connectivity index (χ0) is 13.7. The summed E-state index contributed by atoms with van der Waals surface area (Å²) < 4.78 is 0.